The van der Waals surface area contributed by atoms with Gasteiger partial charge in [0.1, 0.15) is 17.0 Å². The van der Waals surface area contributed by atoms with E-state index in [9.17, 15) is 14.7 Å². The highest BCUT2D eigenvalue weighted by Gasteiger charge is 2.27. The molecule has 0 unspecified atom stereocenters. The normalized spacial score (nSPS) is 11.3. The van der Waals surface area contributed by atoms with Crippen LogP contribution in [0.1, 0.15) is 51.0 Å². The van der Waals surface area contributed by atoms with Gasteiger partial charge in [0.15, 0.2) is 5.69 Å². The van der Waals surface area contributed by atoms with Crippen LogP contribution in [0.3, 0.4) is 0 Å². The van der Waals surface area contributed by atoms with E-state index in [1.54, 1.807) is 48.3 Å². The molecular formula is C25H29N3O5. The molecular weight excluding hydrogens is 422 g/mol. The first kappa shape index (κ1) is 24.0. The highest BCUT2D eigenvalue weighted by atomic mass is 16.6. The highest BCUT2D eigenvalue weighted by Crippen LogP contribution is 2.36. The van der Waals surface area contributed by atoms with E-state index in [-0.39, 0.29) is 24.7 Å². The van der Waals surface area contributed by atoms with Gasteiger partial charge in [0.25, 0.3) is 0 Å². The van der Waals surface area contributed by atoms with Gasteiger partial charge in [0, 0.05) is 36.5 Å². The van der Waals surface area contributed by atoms with Gasteiger partial charge in [-0.2, -0.15) is 5.10 Å². The molecule has 33 heavy (non-hydrogen) atoms. The van der Waals surface area contributed by atoms with Crippen LogP contribution < -0.4 is 0 Å². The van der Waals surface area contributed by atoms with E-state index in [1.807, 2.05) is 32.9 Å². The van der Waals surface area contributed by atoms with Crippen LogP contribution >= 0.6 is 0 Å². The number of aryl methyl sites for hydroxylation is 1. The quantitative estimate of drug-likeness (QED) is 0.499. The number of esters is 2. The monoisotopic (exact) mass is 451 g/mol. The minimum Gasteiger partial charge on any atom is -0.508 e. The predicted octanol–water partition coefficient (Wildman–Crippen LogP) is 4.62. The van der Waals surface area contributed by atoms with E-state index in [0.29, 0.717) is 35.5 Å². The van der Waals surface area contributed by atoms with Crippen molar-refractivity contribution in [3.8, 4) is 28.1 Å². The molecule has 0 saturated carbocycles. The zero-order valence-corrected chi connectivity index (χ0v) is 19.4. The van der Waals surface area contributed by atoms with Crippen LogP contribution in [0.15, 0.2) is 48.8 Å². The number of ether oxygens (including phenoxy) is 2. The van der Waals surface area contributed by atoms with Gasteiger partial charge in [0.05, 0.1) is 6.61 Å². The third-order valence-electron chi connectivity index (χ3n) is 4.70. The largest absolute Gasteiger partial charge is 0.508 e. The zero-order chi connectivity index (χ0) is 24.0. The molecule has 0 radical (unpaired) electrons. The number of rotatable bonds is 8. The van der Waals surface area contributed by atoms with Gasteiger partial charge in [-0.25, -0.2) is 4.79 Å². The summed E-state index contributed by atoms with van der Waals surface area (Å²) in [5.41, 5.74) is 2.41. The van der Waals surface area contributed by atoms with E-state index < -0.39 is 11.6 Å². The van der Waals surface area contributed by atoms with Crippen LogP contribution in [-0.4, -0.2) is 44.0 Å². The topological polar surface area (TPSA) is 104 Å². The van der Waals surface area contributed by atoms with Gasteiger partial charge in [-0.05, 0) is 63.9 Å². The first-order chi connectivity index (χ1) is 15.7. The maximum Gasteiger partial charge on any atom is 0.357 e. The third kappa shape index (κ3) is 6.19. The van der Waals surface area contributed by atoms with Crippen LogP contribution in [-0.2, 0) is 20.8 Å². The number of hydrogen-bond donors (Lipinski definition) is 1. The Balaban J connectivity index is 2.04. The van der Waals surface area contributed by atoms with E-state index in [1.165, 1.54) is 0 Å². The van der Waals surface area contributed by atoms with Crippen molar-refractivity contribution in [3.05, 3.63) is 54.5 Å². The van der Waals surface area contributed by atoms with Gasteiger partial charge in [-0.1, -0.05) is 12.1 Å². The number of carbonyl (C=O) groups is 2. The number of aromatic hydroxyl groups is 1. The Bertz CT molecular complexity index is 1100. The molecule has 2 aromatic heterocycles. The summed E-state index contributed by atoms with van der Waals surface area (Å²) in [6.07, 6.45) is 3.94. The van der Waals surface area contributed by atoms with Gasteiger partial charge < -0.3 is 14.6 Å². The molecule has 8 nitrogen and oxygen atoms in total. The first-order valence-electron chi connectivity index (χ1n) is 10.9. The number of benzene rings is 1. The molecule has 3 rings (SSSR count). The standard InChI is InChI=1S/C25H29N3O5/c1-5-32-24(31)23-21(17-8-10-19(29)11-9-17)22(18-12-14-26-15-13-18)27-28(23)16-6-7-20(30)33-25(2,3)4/h8-15,29H,5-7,16H2,1-4H3. The lowest BCUT2D eigenvalue weighted by molar-refractivity contribution is -0.154. The molecule has 0 aliphatic rings. The second kappa shape index (κ2) is 10.3. The molecule has 0 fully saturated rings. The summed E-state index contributed by atoms with van der Waals surface area (Å²) in [6.45, 7) is 7.74. The first-order valence-corrected chi connectivity index (χ1v) is 10.9. The summed E-state index contributed by atoms with van der Waals surface area (Å²) < 4.78 is 12.3. The van der Waals surface area contributed by atoms with Gasteiger partial charge >= 0.3 is 11.9 Å². The number of phenols is 1. The summed E-state index contributed by atoms with van der Waals surface area (Å²) >= 11 is 0. The van der Waals surface area contributed by atoms with Crippen LogP contribution in [0, 0.1) is 0 Å². The molecule has 8 heteroatoms. The number of hydrogen-bond acceptors (Lipinski definition) is 7. The number of pyridine rings is 1. The second-order valence-electron chi connectivity index (χ2n) is 8.49. The molecule has 1 aromatic carbocycles. The average molecular weight is 452 g/mol. The SMILES string of the molecule is CCOC(=O)c1c(-c2ccc(O)cc2)c(-c2ccncc2)nn1CCCC(=O)OC(C)(C)C. The molecule has 1 N–H and O–H groups in total. The Labute approximate surface area is 193 Å². The second-order valence-corrected chi connectivity index (χ2v) is 8.49. The van der Waals surface area contributed by atoms with Crippen LogP contribution in [0.25, 0.3) is 22.4 Å². The minimum absolute atomic E-state index is 0.117. The van der Waals surface area contributed by atoms with Crippen molar-refractivity contribution in [2.24, 2.45) is 0 Å². The number of phenolic OH excluding ortho intramolecular Hbond substituents is 1. The molecule has 0 saturated heterocycles. The maximum atomic E-state index is 13.0. The van der Waals surface area contributed by atoms with E-state index in [0.717, 1.165) is 5.56 Å². The fourth-order valence-electron chi connectivity index (χ4n) is 3.41. The van der Waals surface area contributed by atoms with Crippen LogP contribution in [0.5, 0.6) is 5.75 Å². The van der Waals surface area contributed by atoms with Crippen molar-refractivity contribution in [1.82, 2.24) is 14.8 Å². The van der Waals surface area contributed by atoms with Crippen LogP contribution in [0.4, 0.5) is 0 Å². The minimum atomic E-state index is -0.556. The number of nitrogens with zero attached hydrogens (tertiary/aromatic N) is 3. The lowest BCUT2D eigenvalue weighted by Crippen LogP contribution is -2.24. The molecule has 3 aromatic rings. The van der Waals surface area contributed by atoms with Crippen molar-refractivity contribution in [2.45, 2.75) is 52.7 Å². The van der Waals surface area contributed by atoms with Crippen molar-refractivity contribution in [1.29, 1.82) is 0 Å². The summed E-state index contributed by atoms with van der Waals surface area (Å²) in [4.78, 5) is 29.2. The van der Waals surface area contributed by atoms with Crippen molar-refractivity contribution < 1.29 is 24.2 Å². The fraction of sp³-hybridized carbons (Fsp3) is 0.360. The summed E-state index contributed by atoms with van der Waals surface area (Å²) in [7, 11) is 0. The third-order valence-corrected chi connectivity index (χ3v) is 4.70. The van der Waals surface area contributed by atoms with Crippen molar-refractivity contribution in [2.75, 3.05) is 6.61 Å². The summed E-state index contributed by atoms with van der Waals surface area (Å²) in [5.74, 6) is -0.697. The lowest BCUT2D eigenvalue weighted by atomic mass is 9.99. The Morgan fingerprint density at radius 2 is 1.70 bits per heavy atom. The molecule has 0 aliphatic carbocycles. The average Bonchev–Trinajstić information content (AvgIpc) is 3.13. The number of carbonyl (C=O) groups excluding carboxylic acids is 2. The molecule has 174 valence electrons. The summed E-state index contributed by atoms with van der Waals surface area (Å²) in [5, 5.41) is 14.5. The highest BCUT2D eigenvalue weighted by molar-refractivity contribution is 6.00. The smallest absolute Gasteiger partial charge is 0.357 e. The number of aromatic nitrogens is 3. The molecule has 2 heterocycles. The molecule has 0 amide bonds. The summed E-state index contributed by atoms with van der Waals surface area (Å²) in [6, 6.07) is 10.2. The van der Waals surface area contributed by atoms with Gasteiger partial charge in [0.2, 0.25) is 0 Å². The molecule has 0 aliphatic heterocycles. The van der Waals surface area contributed by atoms with Crippen molar-refractivity contribution in [3.63, 3.8) is 0 Å². The Hall–Kier alpha value is -3.68. The van der Waals surface area contributed by atoms with E-state index >= 15 is 0 Å². The Morgan fingerprint density at radius 1 is 1.03 bits per heavy atom. The van der Waals surface area contributed by atoms with Crippen LogP contribution in [0.2, 0.25) is 0 Å². The Kier molecular flexibility index (Phi) is 7.48. The van der Waals surface area contributed by atoms with Gasteiger partial charge in [-0.15, -0.1) is 0 Å². The predicted molar refractivity (Wildman–Crippen MR) is 124 cm³/mol. The lowest BCUT2D eigenvalue weighted by Gasteiger charge is -2.19. The fourth-order valence-corrected chi connectivity index (χ4v) is 3.41. The molecule has 0 spiro atoms. The zero-order valence-electron chi connectivity index (χ0n) is 19.4. The Morgan fingerprint density at radius 3 is 2.30 bits per heavy atom. The van der Waals surface area contributed by atoms with E-state index in [2.05, 4.69) is 4.98 Å². The maximum absolute atomic E-state index is 13.0. The molecule has 0 atom stereocenters. The van der Waals surface area contributed by atoms with Gasteiger partial charge in [-0.3, -0.25) is 14.5 Å². The van der Waals surface area contributed by atoms with E-state index in [4.69, 9.17) is 14.6 Å². The van der Waals surface area contributed by atoms with Crippen molar-refractivity contribution >= 4 is 11.9 Å². The molecule has 0 bridgehead atoms.